The number of nitrogens with zero attached hydrogens (tertiary/aromatic N) is 1. The average Bonchev–Trinajstić information content (AvgIpc) is 2.76. The summed E-state index contributed by atoms with van der Waals surface area (Å²) < 4.78 is 45.2. The molecule has 10 heteroatoms. The minimum Gasteiger partial charge on any atom is -0.454 e. The predicted octanol–water partition coefficient (Wildman–Crippen LogP) is 3.25. The quantitative estimate of drug-likeness (QED) is 0.320. The first-order valence-electron chi connectivity index (χ1n) is 10.1. The van der Waals surface area contributed by atoms with Crippen molar-refractivity contribution in [3.8, 4) is 0 Å². The molecule has 0 radical (unpaired) electrons. The zero-order valence-electron chi connectivity index (χ0n) is 18.5. The van der Waals surface area contributed by atoms with Crippen LogP contribution in [0.2, 0.25) is 0 Å². The van der Waals surface area contributed by atoms with Gasteiger partial charge in [-0.2, -0.15) is 4.31 Å². The molecule has 2 rings (SSSR count). The molecule has 0 spiro atoms. The van der Waals surface area contributed by atoms with Gasteiger partial charge in [0.1, 0.15) is 5.82 Å². The van der Waals surface area contributed by atoms with Crippen molar-refractivity contribution in [2.75, 3.05) is 25.0 Å². The smallest absolute Gasteiger partial charge is 0.331 e. The Labute approximate surface area is 192 Å². The van der Waals surface area contributed by atoms with E-state index >= 15 is 0 Å². The van der Waals surface area contributed by atoms with Crippen molar-refractivity contribution in [3.05, 3.63) is 65.5 Å². The normalized spacial score (nSPS) is 11.5. The van der Waals surface area contributed by atoms with E-state index in [2.05, 4.69) is 5.32 Å². The van der Waals surface area contributed by atoms with Gasteiger partial charge in [-0.25, -0.2) is 17.6 Å². The fourth-order valence-electron chi connectivity index (χ4n) is 2.91. The molecule has 0 fully saturated rings. The molecule has 0 aliphatic rings. The van der Waals surface area contributed by atoms with Crippen molar-refractivity contribution in [2.45, 2.75) is 25.7 Å². The zero-order chi connectivity index (χ0) is 24.6. The lowest BCUT2D eigenvalue weighted by Crippen LogP contribution is -2.30. The number of amides is 1. The predicted molar refractivity (Wildman–Crippen MR) is 122 cm³/mol. The molecule has 2 aromatic carbocycles. The first-order chi connectivity index (χ1) is 15.6. The zero-order valence-corrected chi connectivity index (χ0v) is 19.3. The number of nitrogens with one attached hydrogen (secondary N) is 1. The van der Waals surface area contributed by atoms with Gasteiger partial charge in [0.2, 0.25) is 21.7 Å². The van der Waals surface area contributed by atoms with Gasteiger partial charge in [0, 0.05) is 31.8 Å². The summed E-state index contributed by atoms with van der Waals surface area (Å²) in [5.74, 6) is -2.79. The fraction of sp³-hybridized carbons (Fsp3) is 0.261. The lowest BCUT2D eigenvalue weighted by atomic mass is 10.1. The van der Waals surface area contributed by atoms with Crippen LogP contribution in [-0.2, 0) is 24.3 Å². The summed E-state index contributed by atoms with van der Waals surface area (Å²) >= 11 is 0. The molecular weight excluding hydrogens is 451 g/mol. The van der Waals surface area contributed by atoms with E-state index in [1.165, 1.54) is 53.7 Å². The van der Waals surface area contributed by atoms with E-state index in [4.69, 9.17) is 4.74 Å². The molecule has 0 unspecified atom stereocenters. The van der Waals surface area contributed by atoms with Crippen LogP contribution in [0.25, 0.3) is 6.08 Å². The summed E-state index contributed by atoms with van der Waals surface area (Å²) in [4.78, 5) is 35.2. The number of hydrogen-bond acceptors (Lipinski definition) is 6. The molecule has 0 aromatic heterocycles. The lowest BCUT2D eigenvalue weighted by Gasteiger charge is -2.18. The molecule has 0 bridgehead atoms. The molecule has 0 saturated carbocycles. The molecular formula is C23H25FN2O6S. The summed E-state index contributed by atoms with van der Waals surface area (Å²) in [5.41, 5.74) is 0.481. The highest BCUT2D eigenvalue weighted by Gasteiger charge is 2.21. The number of benzene rings is 2. The van der Waals surface area contributed by atoms with Gasteiger partial charge in [-0.15, -0.1) is 0 Å². The van der Waals surface area contributed by atoms with Crippen molar-refractivity contribution < 1.29 is 31.9 Å². The van der Waals surface area contributed by atoms with Crippen LogP contribution >= 0.6 is 0 Å². The van der Waals surface area contributed by atoms with Crippen LogP contribution in [0.5, 0.6) is 0 Å². The van der Waals surface area contributed by atoms with E-state index in [0.717, 1.165) is 12.1 Å². The van der Waals surface area contributed by atoms with Gasteiger partial charge in [0.05, 0.1) is 10.5 Å². The first-order valence-corrected chi connectivity index (χ1v) is 11.6. The first kappa shape index (κ1) is 25.9. The van der Waals surface area contributed by atoms with Gasteiger partial charge in [0.25, 0.3) is 0 Å². The second-order valence-electron chi connectivity index (χ2n) is 6.90. The average molecular weight is 477 g/mol. The van der Waals surface area contributed by atoms with Gasteiger partial charge < -0.3 is 10.1 Å². The maximum absolute atomic E-state index is 14.1. The molecule has 1 amide bonds. The Morgan fingerprint density at radius 1 is 1.06 bits per heavy atom. The van der Waals surface area contributed by atoms with Gasteiger partial charge in [-0.05, 0) is 42.0 Å². The molecule has 176 valence electrons. The van der Waals surface area contributed by atoms with Crippen molar-refractivity contribution in [2.24, 2.45) is 0 Å². The molecule has 0 aliphatic carbocycles. The molecule has 0 saturated heterocycles. The summed E-state index contributed by atoms with van der Waals surface area (Å²) in [6.45, 7) is 4.82. The highest BCUT2D eigenvalue weighted by Crippen LogP contribution is 2.17. The summed E-state index contributed by atoms with van der Waals surface area (Å²) in [6.07, 6.45) is 2.49. The highest BCUT2D eigenvalue weighted by molar-refractivity contribution is 7.89. The number of Topliss-reactive ketones (excluding diaryl/α,β-unsaturated/α-hetero) is 1. The van der Waals surface area contributed by atoms with E-state index in [1.807, 2.05) is 0 Å². The van der Waals surface area contributed by atoms with Crippen LogP contribution in [0, 0.1) is 5.82 Å². The second-order valence-corrected chi connectivity index (χ2v) is 8.84. The lowest BCUT2D eigenvalue weighted by molar-refractivity contribution is -0.136. The number of ketones is 1. The van der Waals surface area contributed by atoms with E-state index < -0.39 is 34.2 Å². The molecule has 1 N–H and O–H groups in total. The van der Waals surface area contributed by atoms with E-state index in [0.29, 0.717) is 18.7 Å². The van der Waals surface area contributed by atoms with Gasteiger partial charge in [-0.1, -0.05) is 26.0 Å². The molecule has 2 aromatic rings. The molecule has 0 atom stereocenters. The molecule has 8 nitrogen and oxygen atoms in total. The second kappa shape index (κ2) is 11.5. The minimum absolute atomic E-state index is 0.142. The van der Waals surface area contributed by atoms with Crippen LogP contribution in [-0.4, -0.2) is 50.1 Å². The third-order valence-corrected chi connectivity index (χ3v) is 6.63. The summed E-state index contributed by atoms with van der Waals surface area (Å²) in [5, 5.41) is 2.40. The monoisotopic (exact) mass is 476 g/mol. The van der Waals surface area contributed by atoms with E-state index in [1.54, 1.807) is 13.8 Å². The molecule has 0 aliphatic heterocycles. The minimum atomic E-state index is -3.58. The number of halogens is 1. The third-order valence-electron chi connectivity index (χ3n) is 4.57. The van der Waals surface area contributed by atoms with Crippen molar-refractivity contribution >= 4 is 39.4 Å². The number of rotatable bonds is 10. The van der Waals surface area contributed by atoms with Crippen molar-refractivity contribution in [3.63, 3.8) is 0 Å². The number of esters is 1. The SMILES string of the molecule is CCN(CC)S(=O)(=O)c1ccc(/C=C/C(=O)OCC(=O)c2ccc(NC(C)=O)cc2F)cc1. The maximum Gasteiger partial charge on any atom is 0.331 e. The number of ether oxygens (including phenoxy) is 1. The van der Waals surface area contributed by atoms with Gasteiger partial charge in [-0.3, -0.25) is 9.59 Å². The van der Waals surface area contributed by atoms with Crippen molar-refractivity contribution in [1.29, 1.82) is 0 Å². The summed E-state index contributed by atoms with van der Waals surface area (Å²) in [7, 11) is -3.58. The Kier molecular flexibility index (Phi) is 9.01. The Morgan fingerprint density at radius 3 is 2.24 bits per heavy atom. The Hall–Kier alpha value is -3.37. The molecule has 33 heavy (non-hydrogen) atoms. The van der Waals surface area contributed by atoms with Crippen LogP contribution < -0.4 is 5.32 Å². The Balaban J connectivity index is 1.96. The Bertz CT molecular complexity index is 1160. The topological polar surface area (TPSA) is 110 Å². The fourth-order valence-corrected chi connectivity index (χ4v) is 4.37. The standard InChI is InChI=1S/C23H25FN2O6S/c1-4-26(5-2)33(30,31)19-10-6-17(7-11-19)8-13-23(29)32-15-22(28)20-12-9-18(14-21(20)24)25-16(3)27/h6-14H,4-5,15H2,1-3H3,(H,25,27)/b13-8+. The molecule has 0 heterocycles. The van der Waals surface area contributed by atoms with Crippen LogP contribution in [0.1, 0.15) is 36.7 Å². The number of sulfonamides is 1. The van der Waals surface area contributed by atoms with Gasteiger partial charge >= 0.3 is 5.97 Å². The Morgan fingerprint density at radius 2 is 1.70 bits per heavy atom. The maximum atomic E-state index is 14.1. The summed E-state index contributed by atoms with van der Waals surface area (Å²) in [6, 6.07) is 9.52. The van der Waals surface area contributed by atoms with E-state index in [-0.39, 0.29) is 22.1 Å². The van der Waals surface area contributed by atoms with E-state index in [9.17, 15) is 27.2 Å². The highest BCUT2D eigenvalue weighted by atomic mass is 32.2. The van der Waals surface area contributed by atoms with Crippen LogP contribution in [0.15, 0.2) is 53.4 Å². The number of hydrogen-bond donors (Lipinski definition) is 1. The third kappa shape index (κ3) is 7.06. The van der Waals surface area contributed by atoms with Crippen LogP contribution in [0.3, 0.4) is 0 Å². The number of carbonyl (C=O) groups is 3. The van der Waals surface area contributed by atoms with Gasteiger partial charge in [0.15, 0.2) is 6.61 Å². The van der Waals surface area contributed by atoms with Crippen LogP contribution in [0.4, 0.5) is 10.1 Å². The number of anilines is 1. The van der Waals surface area contributed by atoms with Crippen molar-refractivity contribution in [1.82, 2.24) is 4.31 Å². The number of carbonyl (C=O) groups excluding carboxylic acids is 3. The largest absolute Gasteiger partial charge is 0.454 e.